The molecule has 0 saturated carbocycles. The number of nitrogens with zero attached hydrogens (tertiary/aromatic N) is 2. The molecule has 0 unspecified atom stereocenters. The molecule has 80 valence electrons. The van der Waals surface area contributed by atoms with Crippen LogP contribution in [0.3, 0.4) is 0 Å². The first kappa shape index (κ1) is 10.0. The molecule has 4 nitrogen and oxygen atoms in total. The van der Waals surface area contributed by atoms with Gasteiger partial charge in [0.15, 0.2) is 0 Å². The predicted molar refractivity (Wildman–Crippen MR) is 61.4 cm³/mol. The second-order valence-electron chi connectivity index (χ2n) is 3.16. The third kappa shape index (κ3) is 2.30. The third-order valence-electron chi connectivity index (χ3n) is 2.02. The number of rotatable bonds is 4. The molecule has 2 heterocycles. The molecule has 0 aliphatic carbocycles. The first-order chi connectivity index (χ1) is 7.29. The Bertz CT molecular complexity index is 422. The van der Waals surface area contributed by atoms with E-state index >= 15 is 0 Å². The lowest BCUT2D eigenvalue weighted by atomic mass is 10.4. The molecule has 0 atom stereocenters. The number of hydrogen-bond acceptors (Lipinski definition) is 4. The van der Waals surface area contributed by atoms with E-state index in [-0.39, 0.29) is 0 Å². The van der Waals surface area contributed by atoms with Gasteiger partial charge in [0.1, 0.15) is 5.69 Å². The SMILES string of the molecule is COc1nn(C)cc1NCc1cccs1. The molecule has 0 radical (unpaired) electrons. The first-order valence-corrected chi connectivity index (χ1v) is 5.51. The number of anilines is 1. The highest BCUT2D eigenvalue weighted by molar-refractivity contribution is 7.09. The highest BCUT2D eigenvalue weighted by Crippen LogP contribution is 2.22. The molecule has 0 aliphatic heterocycles. The van der Waals surface area contributed by atoms with Crippen LogP contribution in [0.1, 0.15) is 4.88 Å². The zero-order valence-electron chi connectivity index (χ0n) is 8.73. The van der Waals surface area contributed by atoms with Crippen molar-refractivity contribution in [3.63, 3.8) is 0 Å². The Kier molecular flexibility index (Phi) is 2.91. The Morgan fingerprint density at radius 3 is 3.13 bits per heavy atom. The molecule has 2 rings (SSSR count). The fourth-order valence-corrected chi connectivity index (χ4v) is 1.98. The largest absolute Gasteiger partial charge is 0.478 e. The summed E-state index contributed by atoms with van der Waals surface area (Å²) >= 11 is 1.73. The number of hydrogen-bond donors (Lipinski definition) is 1. The number of thiophene rings is 1. The Morgan fingerprint density at radius 1 is 1.60 bits per heavy atom. The first-order valence-electron chi connectivity index (χ1n) is 4.63. The van der Waals surface area contributed by atoms with Gasteiger partial charge < -0.3 is 10.1 Å². The monoisotopic (exact) mass is 223 g/mol. The summed E-state index contributed by atoms with van der Waals surface area (Å²) in [5, 5.41) is 9.52. The van der Waals surface area contributed by atoms with E-state index in [9.17, 15) is 0 Å². The lowest BCUT2D eigenvalue weighted by molar-refractivity contribution is 0.393. The van der Waals surface area contributed by atoms with Crippen molar-refractivity contribution >= 4 is 17.0 Å². The van der Waals surface area contributed by atoms with Crippen LogP contribution in [0, 0.1) is 0 Å². The van der Waals surface area contributed by atoms with Crippen LogP contribution < -0.4 is 10.1 Å². The summed E-state index contributed by atoms with van der Waals surface area (Å²) in [6.07, 6.45) is 1.91. The molecule has 0 fully saturated rings. The molecular weight excluding hydrogens is 210 g/mol. The van der Waals surface area contributed by atoms with Crippen molar-refractivity contribution in [3.05, 3.63) is 28.6 Å². The zero-order valence-corrected chi connectivity index (χ0v) is 9.54. The molecule has 0 bridgehead atoms. The van der Waals surface area contributed by atoms with Gasteiger partial charge >= 0.3 is 0 Å². The van der Waals surface area contributed by atoms with Crippen molar-refractivity contribution in [2.24, 2.45) is 7.05 Å². The van der Waals surface area contributed by atoms with Crippen LogP contribution >= 0.6 is 11.3 Å². The van der Waals surface area contributed by atoms with Gasteiger partial charge in [-0.15, -0.1) is 16.4 Å². The van der Waals surface area contributed by atoms with Crippen LogP contribution in [-0.2, 0) is 13.6 Å². The van der Waals surface area contributed by atoms with Crippen LogP contribution in [-0.4, -0.2) is 16.9 Å². The van der Waals surface area contributed by atoms with Gasteiger partial charge in [0.05, 0.1) is 13.3 Å². The normalized spacial score (nSPS) is 10.3. The van der Waals surface area contributed by atoms with Gasteiger partial charge in [-0.2, -0.15) is 0 Å². The van der Waals surface area contributed by atoms with Crippen molar-refractivity contribution in [1.82, 2.24) is 9.78 Å². The fraction of sp³-hybridized carbons (Fsp3) is 0.300. The quantitative estimate of drug-likeness (QED) is 0.862. The Balaban J connectivity index is 2.04. The second-order valence-corrected chi connectivity index (χ2v) is 4.19. The number of methoxy groups -OCH3 is 1. The van der Waals surface area contributed by atoms with E-state index in [0.29, 0.717) is 5.88 Å². The minimum atomic E-state index is 0.633. The van der Waals surface area contributed by atoms with Crippen molar-refractivity contribution in [2.75, 3.05) is 12.4 Å². The summed E-state index contributed by atoms with van der Waals surface area (Å²) in [7, 11) is 3.50. The molecule has 2 aromatic heterocycles. The van der Waals surface area contributed by atoms with E-state index in [1.807, 2.05) is 19.3 Å². The number of ether oxygens (including phenoxy) is 1. The van der Waals surface area contributed by atoms with Gasteiger partial charge in [0, 0.05) is 18.5 Å². The maximum absolute atomic E-state index is 5.15. The predicted octanol–water partition coefficient (Wildman–Crippen LogP) is 2.10. The van der Waals surface area contributed by atoms with E-state index < -0.39 is 0 Å². The summed E-state index contributed by atoms with van der Waals surface area (Å²) in [5.41, 5.74) is 0.924. The minimum Gasteiger partial charge on any atom is -0.478 e. The molecule has 1 N–H and O–H groups in total. The van der Waals surface area contributed by atoms with E-state index in [1.165, 1.54) is 4.88 Å². The van der Waals surface area contributed by atoms with E-state index in [2.05, 4.69) is 21.9 Å². The van der Waals surface area contributed by atoms with Gasteiger partial charge in [0.25, 0.3) is 5.88 Å². The van der Waals surface area contributed by atoms with Crippen LogP contribution in [0.4, 0.5) is 5.69 Å². The Morgan fingerprint density at radius 2 is 2.47 bits per heavy atom. The lowest BCUT2D eigenvalue weighted by Crippen LogP contribution is -1.98. The molecule has 0 aromatic carbocycles. The van der Waals surface area contributed by atoms with Crippen molar-refractivity contribution in [2.45, 2.75) is 6.54 Å². The lowest BCUT2D eigenvalue weighted by Gasteiger charge is -2.02. The molecule has 0 spiro atoms. The summed E-state index contributed by atoms with van der Waals surface area (Å²) in [4.78, 5) is 1.29. The summed E-state index contributed by atoms with van der Waals surface area (Å²) in [6.45, 7) is 0.805. The highest BCUT2D eigenvalue weighted by Gasteiger charge is 2.06. The summed E-state index contributed by atoms with van der Waals surface area (Å²) in [6, 6.07) is 4.14. The van der Waals surface area contributed by atoms with Gasteiger partial charge in [-0.3, -0.25) is 4.68 Å². The van der Waals surface area contributed by atoms with Crippen LogP contribution in [0.15, 0.2) is 23.7 Å². The summed E-state index contributed by atoms with van der Waals surface area (Å²) < 4.78 is 6.88. The van der Waals surface area contributed by atoms with Crippen LogP contribution in [0.25, 0.3) is 0 Å². The van der Waals surface area contributed by atoms with Gasteiger partial charge in [-0.25, -0.2) is 0 Å². The van der Waals surface area contributed by atoms with Crippen molar-refractivity contribution < 1.29 is 4.74 Å². The van der Waals surface area contributed by atoms with Gasteiger partial charge in [-0.05, 0) is 11.4 Å². The molecule has 15 heavy (non-hydrogen) atoms. The maximum atomic E-state index is 5.15. The van der Waals surface area contributed by atoms with E-state index in [0.717, 1.165) is 12.2 Å². The molecule has 0 amide bonds. The highest BCUT2D eigenvalue weighted by atomic mass is 32.1. The van der Waals surface area contributed by atoms with Gasteiger partial charge in [-0.1, -0.05) is 6.07 Å². The summed E-state index contributed by atoms with van der Waals surface area (Å²) in [5.74, 6) is 0.633. The van der Waals surface area contributed by atoms with Crippen molar-refractivity contribution in [3.8, 4) is 5.88 Å². The fourth-order valence-electron chi connectivity index (χ4n) is 1.34. The number of aromatic nitrogens is 2. The smallest absolute Gasteiger partial charge is 0.256 e. The standard InChI is InChI=1S/C10H13N3OS/c1-13-7-9(10(12-13)14-2)11-6-8-4-3-5-15-8/h3-5,7,11H,6H2,1-2H3. The molecular formula is C10H13N3OS. The molecule has 0 aliphatic rings. The number of aryl methyl sites for hydroxylation is 1. The third-order valence-corrected chi connectivity index (χ3v) is 2.90. The van der Waals surface area contributed by atoms with E-state index in [1.54, 1.807) is 23.1 Å². The average molecular weight is 223 g/mol. The van der Waals surface area contributed by atoms with E-state index in [4.69, 9.17) is 4.74 Å². The Labute approximate surface area is 92.5 Å². The maximum Gasteiger partial charge on any atom is 0.256 e. The van der Waals surface area contributed by atoms with Crippen LogP contribution in [0.2, 0.25) is 0 Å². The van der Waals surface area contributed by atoms with Crippen molar-refractivity contribution in [1.29, 1.82) is 0 Å². The molecule has 0 saturated heterocycles. The Hall–Kier alpha value is -1.49. The minimum absolute atomic E-state index is 0.633. The molecule has 5 heteroatoms. The van der Waals surface area contributed by atoms with Crippen LogP contribution in [0.5, 0.6) is 5.88 Å². The topological polar surface area (TPSA) is 39.1 Å². The average Bonchev–Trinajstić information content (AvgIpc) is 2.83. The zero-order chi connectivity index (χ0) is 10.7. The second kappa shape index (κ2) is 4.35. The number of nitrogens with one attached hydrogen (secondary N) is 1. The molecule has 2 aromatic rings. The van der Waals surface area contributed by atoms with Gasteiger partial charge in [0.2, 0.25) is 0 Å².